The van der Waals surface area contributed by atoms with Crippen molar-refractivity contribution in [3.8, 4) is 5.75 Å². The van der Waals surface area contributed by atoms with E-state index in [2.05, 4.69) is 5.32 Å². The van der Waals surface area contributed by atoms with Gasteiger partial charge in [-0.1, -0.05) is 40.9 Å². The van der Waals surface area contributed by atoms with Crippen molar-refractivity contribution in [3.63, 3.8) is 0 Å². The van der Waals surface area contributed by atoms with E-state index >= 15 is 0 Å². The molecule has 2 N–H and O–H groups in total. The van der Waals surface area contributed by atoms with Gasteiger partial charge in [0.05, 0.1) is 15.7 Å². The van der Waals surface area contributed by atoms with Gasteiger partial charge in [0.15, 0.2) is 0 Å². The lowest BCUT2D eigenvalue weighted by atomic mass is 10.1. The standard InChI is InChI=1S/C14H10Cl3NO2/c1-7-9(3-2-4-12(7)19)14(20)18-13-10(16)5-8(15)6-11(13)17/h2-6,19H,1H3,(H,18,20). The summed E-state index contributed by atoms with van der Waals surface area (Å²) in [5, 5.41) is 13.1. The van der Waals surface area contributed by atoms with E-state index in [0.717, 1.165) is 0 Å². The van der Waals surface area contributed by atoms with Gasteiger partial charge in [-0.3, -0.25) is 4.79 Å². The number of carbonyl (C=O) groups is 1. The smallest absolute Gasteiger partial charge is 0.256 e. The van der Waals surface area contributed by atoms with Gasteiger partial charge in [-0.05, 0) is 31.2 Å². The summed E-state index contributed by atoms with van der Waals surface area (Å²) < 4.78 is 0. The van der Waals surface area contributed by atoms with Crippen LogP contribution in [0.3, 0.4) is 0 Å². The third-order valence-corrected chi connectivity index (χ3v) is 3.61. The second-order valence-corrected chi connectivity index (χ2v) is 5.40. The Hall–Kier alpha value is -1.42. The van der Waals surface area contributed by atoms with E-state index in [0.29, 0.717) is 16.1 Å². The zero-order valence-corrected chi connectivity index (χ0v) is 12.6. The normalized spacial score (nSPS) is 10.4. The Balaban J connectivity index is 2.36. The minimum atomic E-state index is -0.412. The van der Waals surface area contributed by atoms with Gasteiger partial charge in [0.25, 0.3) is 5.91 Å². The van der Waals surface area contributed by atoms with Crippen molar-refractivity contribution in [2.45, 2.75) is 6.92 Å². The Morgan fingerprint density at radius 1 is 1.15 bits per heavy atom. The van der Waals surface area contributed by atoms with E-state index < -0.39 is 5.91 Å². The van der Waals surface area contributed by atoms with Crippen LogP contribution in [-0.4, -0.2) is 11.0 Å². The molecule has 0 aliphatic rings. The summed E-state index contributed by atoms with van der Waals surface area (Å²) in [7, 11) is 0. The molecule has 0 radical (unpaired) electrons. The number of phenolic OH excluding ortho intramolecular Hbond substituents is 1. The Bertz CT molecular complexity index is 663. The third kappa shape index (κ3) is 3.01. The van der Waals surface area contributed by atoms with Crippen LogP contribution in [0.1, 0.15) is 15.9 Å². The molecule has 0 bridgehead atoms. The van der Waals surface area contributed by atoms with Crippen LogP contribution in [0.2, 0.25) is 15.1 Å². The summed E-state index contributed by atoms with van der Waals surface area (Å²) in [5.41, 5.74) is 1.10. The number of halogens is 3. The van der Waals surface area contributed by atoms with Crippen molar-refractivity contribution in [3.05, 3.63) is 56.5 Å². The maximum Gasteiger partial charge on any atom is 0.256 e. The quantitative estimate of drug-likeness (QED) is 0.821. The van der Waals surface area contributed by atoms with E-state index in [1.807, 2.05) is 0 Å². The van der Waals surface area contributed by atoms with Crippen LogP contribution >= 0.6 is 34.8 Å². The maximum atomic E-state index is 12.2. The molecule has 0 atom stereocenters. The first-order valence-corrected chi connectivity index (χ1v) is 6.78. The first-order chi connectivity index (χ1) is 9.40. The van der Waals surface area contributed by atoms with Gasteiger partial charge in [0.1, 0.15) is 5.75 Å². The minimum absolute atomic E-state index is 0.0472. The van der Waals surface area contributed by atoms with Crippen LogP contribution < -0.4 is 5.32 Å². The van der Waals surface area contributed by atoms with Gasteiger partial charge < -0.3 is 10.4 Å². The highest BCUT2D eigenvalue weighted by Gasteiger charge is 2.15. The number of amides is 1. The van der Waals surface area contributed by atoms with Crippen molar-refractivity contribution in [1.29, 1.82) is 0 Å². The minimum Gasteiger partial charge on any atom is -0.508 e. The van der Waals surface area contributed by atoms with Gasteiger partial charge >= 0.3 is 0 Å². The Kier molecular flexibility index (Phi) is 4.43. The number of hydrogen-bond acceptors (Lipinski definition) is 2. The van der Waals surface area contributed by atoms with E-state index in [1.54, 1.807) is 19.1 Å². The highest BCUT2D eigenvalue weighted by atomic mass is 35.5. The van der Waals surface area contributed by atoms with Crippen LogP contribution in [0.25, 0.3) is 0 Å². The average molecular weight is 331 g/mol. The van der Waals surface area contributed by atoms with Gasteiger partial charge in [0.2, 0.25) is 0 Å². The van der Waals surface area contributed by atoms with Gasteiger partial charge in [-0.2, -0.15) is 0 Å². The highest BCUT2D eigenvalue weighted by molar-refractivity contribution is 6.42. The summed E-state index contributed by atoms with van der Waals surface area (Å²) in [4.78, 5) is 12.2. The fourth-order valence-electron chi connectivity index (χ4n) is 1.71. The van der Waals surface area contributed by atoms with Crippen LogP contribution in [-0.2, 0) is 0 Å². The van der Waals surface area contributed by atoms with Crippen LogP contribution in [0.15, 0.2) is 30.3 Å². The number of anilines is 1. The van der Waals surface area contributed by atoms with Crippen molar-refractivity contribution in [2.75, 3.05) is 5.32 Å². The first kappa shape index (κ1) is 15.0. The largest absolute Gasteiger partial charge is 0.508 e. The first-order valence-electron chi connectivity index (χ1n) is 5.64. The lowest BCUT2D eigenvalue weighted by Crippen LogP contribution is -2.14. The molecule has 0 saturated heterocycles. The number of aromatic hydroxyl groups is 1. The molecule has 2 aromatic rings. The Labute approximate surface area is 131 Å². The van der Waals surface area contributed by atoms with Crippen molar-refractivity contribution >= 4 is 46.4 Å². The number of nitrogens with one attached hydrogen (secondary N) is 1. The van der Waals surface area contributed by atoms with Crippen molar-refractivity contribution in [2.24, 2.45) is 0 Å². The molecular formula is C14H10Cl3NO2. The fraction of sp³-hybridized carbons (Fsp3) is 0.0714. The number of carbonyl (C=O) groups excluding carboxylic acids is 1. The molecule has 3 nitrogen and oxygen atoms in total. The molecule has 0 aliphatic heterocycles. The fourth-order valence-corrected chi connectivity index (χ4v) is 2.62. The highest BCUT2D eigenvalue weighted by Crippen LogP contribution is 2.34. The third-order valence-electron chi connectivity index (χ3n) is 2.80. The molecule has 6 heteroatoms. The van der Waals surface area contributed by atoms with Crippen LogP contribution in [0, 0.1) is 6.92 Å². The lowest BCUT2D eigenvalue weighted by molar-refractivity contribution is 0.102. The summed E-state index contributed by atoms with van der Waals surface area (Å²) in [6, 6.07) is 7.67. The predicted molar refractivity (Wildman–Crippen MR) is 82.3 cm³/mol. The molecule has 1 amide bonds. The van der Waals surface area contributed by atoms with Gasteiger partial charge in [0, 0.05) is 16.1 Å². The number of rotatable bonds is 2. The second kappa shape index (κ2) is 5.92. The summed E-state index contributed by atoms with van der Waals surface area (Å²) >= 11 is 17.8. The zero-order valence-electron chi connectivity index (χ0n) is 10.4. The van der Waals surface area contributed by atoms with E-state index in [4.69, 9.17) is 34.8 Å². The summed E-state index contributed by atoms with van der Waals surface area (Å²) in [6.07, 6.45) is 0. The molecule has 0 unspecified atom stereocenters. The molecule has 104 valence electrons. The molecule has 0 saturated carbocycles. The average Bonchev–Trinajstić information content (AvgIpc) is 2.36. The molecule has 0 spiro atoms. The monoisotopic (exact) mass is 329 g/mol. The zero-order chi connectivity index (χ0) is 14.9. The Morgan fingerprint density at radius 2 is 1.75 bits per heavy atom. The van der Waals surface area contributed by atoms with Gasteiger partial charge in [-0.15, -0.1) is 0 Å². The molecular weight excluding hydrogens is 321 g/mol. The number of phenols is 1. The molecule has 2 rings (SSSR count). The van der Waals surface area contributed by atoms with E-state index in [9.17, 15) is 9.90 Å². The molecule has 0 heterocycles. The summed E-state index contributed by atoms with van der Waals surface area (Å²) in [5.74, 6) is -0.365. The maximum absolute atomic E-state index is 12.2. The summed E-state index contributed by atoms with van der Waals surface area (Å²) in [6.45, 7) is 1.65. The van der Waals surface area contributed by atoms with Crippen LogP contribution in [0.5, 0.6) is 5.75 Å². The van der Waals surface area contributed by atoms with Gasteiger partial charge in [-0.25, -0.2) is 0 Å². The SMILES string of the molecule is Cc1c(O)cccc1C(=O)Nc1c(Cl)cc(Cl)cc1Cl. The van der Waals surface area contributed by atoms with E-state index in [-0.39, 0.29) is 21.5 Å². The Morgan fingerprint density at radius 3 is 2.35 bits per heavy atom. The van der Waals surface area contributed by atoms with Crippen molar-refractivity contribution < 1.29 is 9.90 Å². The van der Waals surface area contributed by atoms with Crippen LogP contribution in [0.4, 0.5) is 5.69 Å². The number of benzene rings is 2. The molecule has 2 aromatic carbocycles. The predicted octanol–water partition coefficient (Wildman–Crippen LogP) is 4.91. The molecule has 0 aliphatic carbocycles. The lowest BCUT2D eigenvalue weighted by Gasteiger charge is -2.11. The topological polar surface area (TPSA) is 49.3 Å². The van der Waals surface area contributed by atoms with Crippen molar-refractivity contribution in [1.82, 2.24) is 0 Å². The van der Waals surface area contributed by atoms with E-state index in [1.165, 1.54) is 18.2 Å². The molecule has 20 heavy (non-hydrogen) atoms. The molecule has 0 fully saturated rings. The molecule has 0 aromatic heterocycles. The number of hydrogen-bond donors (Lipinski definition) is 2. The second-order valence-electron chi connectivity index (χ2n) is 4.15.